The maximum absolute atomic E-state index is 13.2. The van der Waals surface area contributed by atoms with Crippen LogP contribution in [0.1, 0.15) is 35.2 Å². The Morgan fingerprint density at radius 2 is 1.90 bits per heavy atom. The van der Waals surface area contributed by atoms with E-state index in [1.165, 1.54) is 4.80 Å². The average Bonchev–Trinajstić information content (AvgIpc) is 3.49. The predicted molar refractivity (Wildman–Crippen MR) is 118 cm³/mol. The number of carbonyl (C=O) groups excluding carboxylic acids is 1. The van der Waals surface area contributed by atoms with Crippen molar-refractivity contribution < 1.29 is 4.79 Å². The predicted octanol–water partition coefficient (Wildman–Crippen LogP) is 3.95. The zero-order chi connectivity index (χ0) is 20.5. The van der Waals surface area contributed by atoms with E-state index >= 15 is 0 Å². The second-order valence-corrected chi connectivity index (χ2v) is 8.62. The van der Waals surface area contributed by atoms with E-state index in [9.17, 15) is 4.79 Å². The molecular weight excluding hydrogens is 396 g/mol. The normalized spacial score (nSPS) is 18.6. The molecule has 1 amide bonds. The number of rotatable bonds is 5. The summed E-state index contributed by atoms with van der Waals surface area (Å²) < 4.78 is 1.16. The van der Waals surface area contributed by atoms with Crippen LogP contribution in [-0.4, -0.2) is 38.0 Å². The number of aromatic nitrogens is 4. The van der Waals surface area contributed by atoms with Crippen LogP contribution in [0.4, 0.5) is 5.13 Å². The van der Waals surface area contributed by atoms with Crippen molar-refractivity contribution in [3.63, 3.8) is 0 Å². The molecule has 2 N–H and O–H groups in total. The molecule has 2 aromatic heterocycles. The maximum Gasteiger partial charge on any atom is 0.253 e. The van der Waals surface area contributed by atoms with Crippen molar-refractivity contribution in [2.24, 2.45) is 0 Å². The number of nitrogens with zero attached hydrogens (tertiary/aromatic N) is 4. The van der Waals surface area contributed by atoms with E-state index in [0.717, 1.165) is 40.2 Å². The molecule has 1 unspecified atom stereocenters. The van der Waals surface area contributed by atoms with Gasteiger partial charge in [-0.15, -0.1) is 0 Å². The van der Waals surface area contributed by atoms with Crippen LogP contribution in [-0.2, 0) is 0 Å². The summed E-state index contributed by atoms with van der Waals surface area (Å²) in [4.78, 5) is 19.4. The second kappa shape index (κ2) is 7.87. The molecule has 5 rings (SSSR count). The highest BCUT2D eigenvalue weighted by atomic mass is 32.1. The van der Waals surface area contributed by atoms with E-state index in [-0.39, 0.29) is 18.0 Å². The molecule has 1 aliphatic carbocycles. The summed E-state index contributed by atoms with van der Waals surface area (Å²) in [7, 11) is 0. The fourth-order valence-corrected chi connectivity index (χ4v) is 4.92. The molecule has 0 radical (unpaired) electrons. The number of amides is 1. The van der Waals surface area contributed by atoms with Crippen molar-refractivity contribution in [3.8, 4) is 5.69 Å². The van der Waals surface area contributed by atoms with Crippen molar-refractivity contribution in [2.75, 3.05) is 5.32 Å². The van der Waals surface area contributed by atoms with E-state index in [2.05, 4.69) is 31.9 Å². The molecule has 7 nitrogen and oxygen atoms in total. The molecule has 0 spiro atoms. The van der Waals surface area contributed by atoms with Gasteiger partial charge in [0.05, 0.1) is 33.9 Å². The van der Waals surface area contributed by atoms with Crippen molar-refractivity contribution in [1.29, 1.82) is 0 Å². The molecule has 2 aromatic carbocycles. The molecule has 1 saturated carbocycles. The summed E-state index contributed by atoms with van der Waals surface area (Å²) in [6.45, 7) is 1.98. The number of aryl methyl sites for hydroxylation is 1. The Morgan fingerprint density at radius 1 is 1.10 bits per heavy atom. The van der Waals surface area contributed by atoms with Gasteiger partial charge in [-0.1, -0.05) is 35.1 Å². The van der Waals surface area contributed by atoms with Gasteiger partial charge in [0.25, 0.3) is 5.91 Å². The van der Waals surface area contributed by atoms with Gasteiger partial charge in [0.2, 0.25) is 0 Å². The highest BCUT2D eigenvalue weighted by Crippen LogP contribution is 2.29. The quantitative estimate of drug-likeness (QED) is 0.513. The van der Waals surface area contributed by atoms with E-state index in [0.29, 0.717) is 11.3 Å². The van der Waals surface area contributed by atoms with Gasteiger partial charge in [0.15, 0.2) is 5.13 Å². The van der Waals surface area contributed by atoms with Crippen LogP contribution in [0.25, 0.3) is 15.9 Å². The van der Waals surface area contributed by atoms with Gasteiger partial charge < -0.3 is 10.6 Å². The first-order valence-electron chi connectivity index (χ1n) is 10.1. The number of carbonyl (C=O) groups is 1. The summed E-state index contributed by atoms with van der Waals surface area (Å²) in [6.07, 6.45) is 6.22. The zero-order valence-corrected chi connectivity index (χ0v) is 17.4. The summed E-state index contributed by atoms with van der Waals surface area (Å²) in [5.74, 6) is -0.103. The van der Waals surface area contributed by atoms with Crippen LogP contribution < -0.4 is 10.6 Å². The van der Waals surface area contributed by atoms with Crippen molar-refractivity contribution in [3.05, 3.63) is 66.0 Å². The van der Waals surface area contributed by atoms with Crippen LogP contribution in [0.15, 0.2) is 54.9 Å². The van der Waals surface area contributed by atoms with E-state index in [4.69, 9.17) is 0 Å². The van der Waals surface area contributed by atoms with Gasteiger partial charge in [-0.25, -0.2) is 4.98 Å². The third-order valence-corrected chi connectivity index (χ3v) is 6.43. The Hall–Kier alpha value is -3.26. The van der Waals surface area contributed by atoms with Crippen LogP contribution in [0.5, 0.6) is 0 Å². The van der Waals surface area contributed by atoms with Crippen molar-refractivity contribution in [2.45, 2.75) is 38.3 Å². The van der Waals surface area contributed by atoms with Crippen LogP contribution in [0.3, 0.4) is 0 Å². The first-order chi connectivity index (χ1) is 14.7. The summed E-state index contributed by atoms with van der Waals surface area (Å²) >= 11 is 1.65. The summed E-state index contributed by atoms with van der Waals surface area (Å²) in [5, 5.41) is 16.1. The average molecular weight is 419 g/mol. The Morgan fingerprint density at radius 3 is 2.73 bits per heavy atom. The molecule has 152 valence electrons. The number of benzene rings is 2. The first kappa shape index (κ1) is 18.7. The number of hydrogen-bond acceptors (Lipinski definition) is 6. The molecular formula is C22H22N6OS. The van der Waals surface area contributed by atoms with Gasteiger partial charge in [-0.2, -0.15) is 15.0 Å². The van der Waals surface area contributed by atoms with Crippen LogP contribution in [0.2, 0.25) is 0 Å². The van der Waals surface area contributed by atoms with Crippen LogP contribution >= 0.6 is 11.3 Å². The second-order valence-electron chi connectivity index (χ2n) is 7.59. The van der Waals surface area contributed by atoms with Gasteiger partial charge in [-0.3, -0.25) is 4.79 Å². The smallest absolute Gasteiger partial charge is 0.253 e. The van der Waals surface area contributed by atoms with E-state index in [1.54, 1.807) is 23.7 Å². The fourth-order valence-electron chi connectivity index (χ4n) is 3.99. The van der Waals surface area contributed by atoms with Gasteiger partial charge in [-0.05, 0) is 50.5 Å². The summed E-state index contributed by atoms with van der Waals surface area (Å²) in [5.41, 5.74) is 3.28. The number of anilines is 1. The molecule has 30 heavy (non-hydrogen) atoms. The Kier molecular flexibility index (Phi) is 4.92. The minimum Gasteiger partial charge on any atom is -0.357 e. The number of hydrogen-bond donors (Lipinski definition) is 2. The van der Waals surface area contributed by atoms with E-state index < -0.39 is 0 Å². The lowest BCUT2D eigenvalue weighted by atomic mass is 10.1. The number of para-hydroxylation sites is 1. The zero-order valence-electron chi connectivity index (χ0n) is 16.6. The Bertz CT molecular complexity index is 1150. The van der Waals surface area contributed by atoms with Gasteiger partial charge in [0, 0.05) is 12.1 Å². The molecule has 4 aromatic rings. The number of nitrogens with one attached hydrogen (secondary N) is 2. The van der Waals surface area contributed by atoms with E-state index in [1.807, 2.05) is 43.3 Å². The topological polar surface area (TPSA) is 84.7 Å². The molecule has 0 bridgehead atoms. The van der Waals surface area contributed by atoms with Gasteiger partial charge >= 0.3 is 0 Å². The third kappa shape index (κ3) is 3.66. The van der Waals surface area contributed by atoms with Crippen molar-refractivity contribution in [1.82, 2.24) is 25.3 Å². The number of thiazole rings is 1. The highest BCUT2D eigenvalue weighted by molar-refractivity contribution is 7.22. The third-order valence-electron chi connectivity index (χ3n) is 5.47. The fraction of sp³-hybridized carbons (Fsp3) is 0.273. The maximum atomic E-state index is 13.2. The number of fused-ring (bicyclic) bond motifs is 1. The monoisotopic (exact) mass is 418 g/mol. The molecule has 2 atom stereocenters. The highest BCUT2D eigenvalue weighted by Gasteiger charge is 2.30. The summed E-state index contributed by atoms with van der Waals surface area (Å²) in [6, 6.07) is 14.1. The molecule has 0 aliphatic heterocycles. The van der Waals surface area contributed by atoms with Crippen molar-refractivity contribution >= 4 is 32.6 Å². The molecule has 1 fully saturated rings. The van der Waals surface area contributed by atoms with Gasteiger partial charge in [0.1, 0.15) is 0 Å². The lowest BCUT2D eigenvalue weighted by molar-refractivity contribution is 0.0935. The molecule has 1 aliphatic rings. The minimum atomic E-state index is -0.103. The standard InChI is InChI=1S/C22H22N6OS/c1-14-9-10-19(28-23-11-12-24-28)15(13-14)21(29)25-16-6-4-7-17(16)26-22-27-18-5-2-3-8-20(18)30-22/h2-3,5,8-13,16-17H,4,6-7H2,1H3,(H,25,29)(H,26,27)/t16?,17-/m0/s1. The molecule has 8 heteroatoms. The first-order valence-corrected chi connectivity index (χ1v) is 10.9. The largest absolute Gasteiger partial charge is 0.357 e. The molecule has 0 saturated heterocycles. The van der Waals surface area contributed by atoms with Crippen LogP contribution in [0, 0.1) is 6.92 Å². The SMILES string of the molecule is Cc1ccc(-n2nccn2)c(C(=O)NC2CCC[C@@H]2Nc2nc3ccccc3s2)c1. The lowest BCUT2D eigenvalue weighted by Gasteiger charge is -2.22. The lowest BCUT2D eigenvalue weighted by Crippen LogP contribution is -2.43. The Balaban J connectivity index is 1.35. The Labute approximate surface area is 178 Å². The molecule has 2 heterocycles. The minimum absolute atomic E-state index is 0.0449.